The van der Waals surface area contributed by atoms with Crippen molar-refractivity contribution in [2.75, 3.05) is 26.7 Å². The number of hydrogen-bond donors (Lipinski definition) is 4. The Labute approximate surface area is 313 Å². The lowest BCUT2D eigenvalue weighted by atomic mass is 9.85. The zero-order chi connectivity index (χ0) is 39.1. The minimum absolute atomic E-state index is 0.0356. The average Bonchev–Trinajstić information content (AvgIpc) is 3.92. The van der Waals surface area contributed by atoms with E-state index in [1.54, 1.807) is 32.9 Å². The van der Waals surface area contributed by atoms with Crippen LogP contribution in [0.4, 0.5) is 4.79 Å². The third-order valence-corrected chi connectivity index (χ3v) is 13.1. The highest BCUT2D eigenvalue weighted by Gasteiger charge is 2.70. The van der Waals surface area contributed by atoms with E-state index in [2.05, 4.69) is 27.8 Å². The summed E-state index contributed by atoms with van der Waals surface area (Å²) >= 11 is 6.21. The number of urea groups is 1. The average molecular weight is 763 g/mol. The number of benzene rings is 1. The smallest absolute Gasteiger partial charge is 0.315 e. The van der Waals surface area contributed by atoms with E-state index >= 15 is 0 Å². The SMILES string of the molecule is C=CCNC(=O)C(=O)C(NC(=O)[C@@H]1[C@@H]2[C@H](CN1C(=O)[C@@H](NC(=O)N[C@H](CN(C)S(=O)(=O)c1ccccc1Cl)C(C)(C)C)C(C)(C)C)C2(C)C)C1CC1. The summed E-state index contributed by atoms with van der Waals surface area (Å²) in [5, 5.41) is 11.1. The normalized spacial score (nSPS) is 22.8. The number of carbonyl (C=O) groups is 5. The number of ketones is 1. The van der Waals surface area contributed by atoms with E-state index < -0.39 is 74.6 Å². The molecule has 2 aliphatic carbocycles. The van der Waals surface area contributed by atoms with Gasteiger partial charge in [-0.15, -0.1) is 6.58 Å². The summed E-state index contributed by atoms with van der Waals surface area (Å²) in [5.74, 6) is -2.78. The fourth-order valence-corrected chi connectivity index (χ4v) is 8.81. The molecule has 6 atom stereocenters. The first-order valence-corrected chi connectivity index (χ1v) is 19.6. The Balaban J connectivity index is 1.53. The number of Topliss-reactive ketones (excluding diaryl/α,β-unsaturated/α-hetero) is 1. The molecule has 0 bridgehead atoms. The number of sulfonamides is 1. The van der Waals surface area contributed by atoms with E-state index in [4.69, 9.17) is 11.6 Å². The molecule has 1 aromatic carbocycles. The summed E-state index contributed by atoms with van der Waals surface area (Å²) in [5.41, 5.74) is -1.63. The number of carbonyl (C=O) groups excluding carboxylic acids is 5. The number of fused-ring (bicyclic) bond motifs is 1. The van der Waals surface area contributed by atoms with Crippen LogP contribution in [0.1, 0.15) is 68.2 Å². The number of likely N-dealkylation sites (N-methyl/N-ethyl adjacent to an activating group) is 1. The van der Waals surface area contributed by atoms with Gasteiger partial charge in [0, 0.05) is 32.7 Å². The molecule has 15 heteroatoms. The van der Waals surface area contributed by atoms with E-state index in [0.29, 0.717) is 19.4 Å². The summed E-state index contributed by atoms with van der Waals surface area (Å²) in [7, 11) is -2.58. The molecule has 3 aliphatic rings. The maximum absolute atomic E-state index is 14.5. The Morgan fingerprint density at radius 3 is 2.17 bits per heavy atom. The molecular formula is C37H55ClN6O7S. The van der Waals surface area contributed by atoms with Gasteiger partial charge < -0.3 is 26.2 Å². The first-order valence-electron chi connectivity index (χ1n) is 17.8. The maximum atomic E-state index is 14.5. The van der Waals surface area contributed by atoms with Gasteiger partial charge in [0.1, 0.15) is 23.0 Å². The number of likely N-dealkylation sites (tertiary alicyclic amines) is 1. The van der Waals surface area contributed by atoms with Crippen LogP contribution in [0.2, 0.25) is 5.02 Å². The van der Waals surface area contributed by atoms with Crippen molar-refractivity contribution in [3.8, 4) is 0 Å². The van der Waals surface area contributed by atoms with Crippen molar-refractivity contribution in [3.05, 3.63) is 41.9 Å². The lowest BCUT2D eigenvalue weighted by molar-refractivity contribution is -0.145. The van der Waals surface area contributed by atoms with E-state index in [1.165, 1.54) is 30.2 Å². The minimum atomic E-state index is -4.00. The van der Waals surface area contributed by atoms with Gasteiger partial charge in [-0.25, -0.2) is 13.2 Å². The van der Waals surface area contributed by atoms with Crippen LogP contribution in [-0.2, 0) is 29.2 Å². The van der Waals surface area contributed by atoms with Gasteiger partial charge in [-0.05, 0) is 59.0 Å². The predicted octanol–water partition coefficient (Wildman–Crippen LogP) is 3.34. The molecule has 1 heterocycles. The third kappa shape index (κ3) is 8.82. The monoisotopic (exact) mass is 762 g/mol. The van der Waals surface area contributed by atoms with E-state index in [1.807, 2.05) is 34.6 Å². The molecule has 3 fully saturated rings. The van der Waals surface area contributed by atoms with Gasteiger partial charge in [-0.2, -0.15) is 4.31 Å². The molecule has 1 aliphatic heterocycles. The fraction of sp³-hybridized carbons (Fsp3) is 0.649. The van der Waals surface area contributed by atoms with E-state index in [-0.39, 0.29) is 46.2 Å². The van der Waals surface area contributed by atoms with Crippen LogP contribution >= 0.6 is 11.6 Å². The Bertz CT molecular complexity index is 1700. The van der Waals surface area contributed by atoms with Gasteiger partial charge in [0.2, 0.25) is 27.6 Å². The van der Waals surface area contributed by atoms with Gasteiger partial charge in [-0.3, -0.25) is 19.2 Å². The summed E-state index contributed by atoms with van der Waals surface area (Å²) in [6.07, 6.45) is 2.85. The number of halogens is 1. The molecular weight excluding hydrogens is 708 g/mol. The molecule has 1 saturated heterocycles. The summed E-state index contributed by atoms with van der Waals surface area (Å²) in [6.45, 7) is 19.0. The standard InChI is InChI=1S/C37H55ClN6O7S/c1-11-18-39-32(47)29(45)27(21-16-17-21)41-31(46)28-26-22(37(26,8)9)19-44(28)33(48)30(36(5,6)7)42-34(49)40-25(35(2,3)4)20-43(10)52(50,51)24-15-13-12-14-23(24)38/h11-15,21-22,25-28,30H,1,16-20H2,2-10H3,(H,39,47)(H,41,46)(H2,40,42,49)/t22-,25+,26-,27?,28-,30+/m0/s1. The number of amides is 5. The molecule has 288 valence electrons. The van der Waals surface area contributed by atoms with Crippen LogP contribution in [-0.4, -0.2) is 98.0 Å². The highest BCUT2D eigenvalue weighted by molar-refractivity contribution is 7.89. The van der Waals surface area contributed by atoms with Gasteiger partial charge in [0.15, 0.2) is 0 Å². The first-order chi connectivity index (χ1) is 23.9. The second kappa shape index (κ2) is 15.1. The fourth-order valence-electron chi connectivity index (χ4n) is 7.13. The van der Waals surface area contributed by atoms with Crippen molar-refractivity contribution >= 4 is 51.2 Å². The predicted molar refractivity (Wildman–Crippen MR) is 199 cm³/mol. The first kappa shape index (κ1) is 41.3. The zero-order valence-electron chi connectivity index (χ0n) is 31.7. The van der Waals surface area contributed by atoms with Crippen LogP contribution < -0.4 is 21.3 Å². The van der Waals surface area contributed by atoms with Gasteiger partial charge >= 0.3 is 6.03 Å². The van der Waals surface area contributed by atoms with Crippen LogP contribution in [0.5, 0.6) is 0 Å². The maximum Gasteiger partial charge on any atom is 0.315 e. The molecule has 0 radical (unpaired) electrons. The Morgan fingerprint density at radius 1 is 1.02 bits per heavy atom. The van der Waals surface area contributed by atoms with Crippen molar-refractivity contribution in [1.82, 2.24) is 30.5 Å². The van der Waals surface area contributed by atoms with Crippen molar-refractivity contribution in [2.24, 2.45) is 34.0 Å². The number of nitrogens with one attached hydrogen (secondary N) is 4. The molecule has 4 N–H and O–H groups in total. The molecule has 1 unspecified atom stereocenters. The minimum Gasteiger partial charge on any atom is -0.346 e. The van der Waals surface area contributed by atoms with Gasteiger partial charge in [0.05, 0.1) is 5.02 Å². The van der Waals surface area contributed by atoms with Gasteiger partial charge in [0.25, 0.3) is 5.91 Å². The number of piperidine rings is 1. The van der Waals surface area contributed by atoms with Crippen molar-refractivity contribution in [2.45, 2.75) is 97.3 Å². The third-order valence-electron chi connectivity index (χ3n) is 10.8. The van der Waals surface area contributed by atoms with Crippen LogP contribution in [0.3, 0.4) is 0 Å². The molecule has 4 rings (SSSR count). The quantitative estimate of drug-likeness (QED) is 0.166. The number of rotatable bonds is 14. The lowest BCUT2D eigenvalue weighted by Gasteiger charge is -2.39. The molecule has 0 aromatic heterocycles. The molecule has 5 amide bonds. The molecule has 0 spiro atoms. The van der Waals surface area contributed by atoms with Crippen molar-refractivity contribution in [3.63, 3.8) is 0 Å². The van der Waals surface area contributed by atoms with E-state index in [0.717, 1.165) is 4.31 Å². The van der Waals surface area contributed by atoms with Crippen LogP contribution in [0.25, 0.3) is 0 Å². The zero-order valence-corrected chi connectivity index (χ0v) is 33.3. The number of nitrogens with zero attached hydrogens (tertiary/aromatic N) is 2. The highest BCUT2D eigenvalue weighted by atomic mass is 35.5. The van der Waals surface area contributed by atoms with Crippen LogP contribution in [0.15, 0.2) is 41.8 Å². The molecule has 1 aromatic rings. The van der Waals surface area contributed by atoms with Crippen molar-refractivity contribution < 1.29 is 32.4 Å². The lowest BCUT2D eigenvalue weighted by Crippen LogP contribution is -2.63. The molecule has 2 saturated carbocycles. The van der Waals surface area contributed by atoms with Crippen molar-refractivity contribution in [1.29, 1.82) is 0 Å². The number of hydrogen-bond acceptors (Lipinski definition) is 7. The largest absolute Gasteiger partial charge is 0.346 e. The Kier molecular flexibility index (Phi) is 12.0. The summed E-state index contributed by atoms with van der Waals surface area (Å²) in [4.78, 5) is 69.3. The highest BCUT2D eigenvalue weighted by Crippen LogP contribution is 2.65. The van der Waals surface area contributed by atoms with Crippen LogP contribution in [0, 0.1) is 34.0 Å². The Morgan fingerprint density at radius 2 is 1.63 bits per heavy atom. The Hall–Kier alpha value is -3.49. The van der Waals surface area contributed by atoms with Gasteiger partial charge in [-0.1, -0.05) is 85.2 Å². The topological polar surface area (TPSA) is 174 Å². The molecule has 13 nitrogen and oxygen atoms in total. The molecule has 52 heavy (non-hydrogen) atoms. The summed E-state index contributed by atoms with van der Waals surface area (Å²) < 4.78 is 28.0. The summed E-state index contributed by atoms with van der Waals surface area (Å²) in [6, 6.07) is 1.78. The van der Waals surface area contributed by atoms with E-state index in [9.17, 15) is 32.4 Å². The second-order valence-electron chi connectivity index (χ2n) is 17.1. The second-order valence-corrected chi connectivity index (χ2v) is 19.5.